The van der Waals surface area contributed by atoms with E-state index in [1.54, 1.807) is 6.07 Å². The van der Waals surface area contributed by atoms with E-state index in [1.165, 1.54) is 19.1 Å². The van der Waals surface area contributed by atoms with Crippen molar-refractivity contribution in [3.63, 3.8) is 0 Å². The number of cyclic esters (lactones) is 2. The second-order valence-electron chi connectivity index (χ2n) is 4.13. The fourth-order valence-electron chi connectivity index (χ4n) is 1.70. The largest absolute Gasteiger partial charge is 0.504 e. The quantitative estimate of drug-likeness (QED) is 0.399. The number of carbonyl (C=O) groups is 2. The predicted octanol–water partition coefficient (Wildman–Crippen LogP) is 0.665. The maximum atomic E-state index is 11.4. The summed E-state index contributed by atoms with van der Waals surface area (Å²) in [5.74, 6) is -1.17. The summed E-state index contributed by atoms with van der Waals surface area (Å²) in [7, 11) is 0. The molecule has 0 aliphatic carbocycles. The van der Waals surface area contributed by atoms with Gasteiger partial charge in [-0.15, -0.1) is 0 Å². The molecule has 1 atom stereocenters. The highest BCUT2D eigenvalue weighted by molar-refractivity contribution is 5.98. The van der Waals surface area contributed by atoms with Gasteiger partial charge in [-0.25, -0.2) is 9.59 Å². The lowest BCUT2D eigenvalue weighted by molar-refractivity contribution is -0.138. The molecule has 1 saturated heterocycles. The van der Waals surface area contributed by atoms with Crippen LogP contribution in [-0.4, -0.2) is 27.8 Å². The van der Waals surface area contributed by atoms with Gasteiger partial charge in [0, 0.05) is 6.42 Å². The number of esters is 1. The molecule has 1 aromatic rings. The van der Waals surface area contributed by atoms with Gasteiger partial charge in [-0.2, -0.15) is 0 Å². The lowest BCUT2D eigenvalue weighted by Gasteiger charge is -2.18. The molecule has 1 unspecified atom stereocenters. The van der Waals surface area contributed by atoms with Crippen molar-refractivity contribution in [2.45, 2.75) is 18.9 Å². The van der Waals surface area contributed by atoms with Gasteiger partial charge < -0.3 is 20.3 Å². The van der Waals surface area contributed by atoms with Gasteiger partial charge in [0.15, 0.2) is 11.5 Å². The fraction of sp³-hybridized carbons (Fsp3) is 0.273. The van der Waals surface area contributed by atoms with E-state index in [0.29, 0.717) is 5.56 Å². The number of rotatable bonds is 2. The number of phenolic OH excluding ortho intramolecular Hbond substituents is 2. The Bertz CT molecular complexity index is 499. The van der Waals surface area contributed by atoms with E-state index in [9.17, 15) is 14.7 Å². The molecule has 0 radical (unpaired) electrons. The van der Waals surface area contributed by atoms with E-state index < -0.39 is 17.6 Å². The number of phenols is 2. The minimum atomic E-state index is -1.14. The number of hydrogen-bond donors (Lipinski definition) is 3. The fourth-order valence-corrected chi connectivity index (χ4v) is 1.70. The zero-order valence-corrected chi connectivity index (χ0v) is 9.06. The van der Waals surface area contributed by atoms with Crippen molar-refractivity contribution in [2.75, 3.05) is 0 Å². The van der Waals surface area contributed by atoms with E-state index >= 15 is 0 Å². The first-order chi connectivity index (χ1) is 7.90. The summed E-state index contributed by atoms with van der Waals surface area (Å²) >= 11 is 0. The molecule has 0 saturated carbocycles. The van der Waals surface area contributed by atoms with Crippen LogP contribution >= 0.6 is 0 Å². The lowest BCUT2D eigenvalue weighted by atomic mass is 9.93. The van der Waals surface area contributed by atoms with Crippen molar-refractivity contribution in [3.05, 3.63) is 23.8 Å². The minimum absolute atomic E-state index is 0.172. The first kappa shape index (κ1) is 11.3. The van der Waals surface area contributed by atoms with E-state index in [0.717, 1.165) is 0 Å². The number of benzene rings is 1. The Hall–Kier alpha value is -2.24. The van der Waals surface area contributed by atoms with Crippen LogP contribution in [0.4, 0.5) is 4.79 Å². The van der Waals surface area contributed by atoms with Crippen LogP contribution < -0.4 is 5.32 Å². The summed E-state index contributed by atoms with van der Waals surface area (Å²) in [4.78, 5) is 22.4. The molecule has 3 N–H and O–H groups in total. The van der Waals surface area contributed by atoms with Crippen LogP contribution in [-0.2, 0) is 16.0 Å². The Labute approximate surface area is 96.8 Å². The second-order valence-corrected chi connectivity index (χ2v) is 4.13. The molecule has 2 rings (SSSR count). The monoisotopic (exact) mass is 237 g/mol. The van der Waals surface area contributed by atoms with Crippen molar-refractivity contribution in [1.82, 2.24) is 5.32 Å². The topological polar surface area (TPSA) is 95.9 Å². The van der Waals surface area contributed by atoms with Gasteiger partial charge in [0.25, 0.3) is 0 Å². The molecule has 0 aromatic heterocycles. The van der Waals surface area contributed by atoms with Gasteiger partial charge >= 0.3 is 12.1 Å². The summed E-state index contributed by atoms with van der Waals surface area (Å²) in [6.45, 7) is 1.53. The molecule has 1 heterocycles. The average Bonchev–Trinajstić information content (AvgIpc) is 2.46. The minimum Gasteiger partial charge on any atom is -0.504 e. The zero-order valence-electron chi connectivity index (χ0n) is 9.06. The van der Waals surface area contributed by atoms with Crippen molar-refractivity contribution >= 4 is 12.1 Å². The highest BCUT2D eigenvalue weighted by atomic mass is 16.6. The first-order valence-corrected chi connectivity index (χ1v) is 4.96. The summed E-state index contributed by atoms with van der Waals surface area (Å²) < 4.78 is 4.40. The van der Waals surface area contributed by atoms with Crippen LogP contribution in [0.3, 0.4) is 0 Å². The Morgan fingerprint density at radius 2 is 2.00 bits per heavy atom. The standard InChI is InChI=1S/C11H11NO5/c1-11(9(15)17-10(16)12-11)5-6-2-3-7(13)8(14)4-6/h2-4,13-14H,5H2,1H3,(H,12,16). The zero-order chi connectivity index (χ0) is 12.6. The van der Waals surface area contributed by atoms with Crippen molar-refractivity contribution < 1.29 is 24.5 Å². The maximum absolute atomic E-state index is 11.4. The van der Waals surface area contributed by atoms with Gasteiger partial charge in [-0.1, -0.05) is 6.07 Å². The Morgan fingerprint density at radius 3 is 2.53 bits per heavy atom. The van der Waals surface area contributed by atoms with E-state index in [2.05, 4.69) is 10.1 Å². The summed E-state index contributed by atoms with van der Waals surface area (Å²) in [6, 6.07) is 4.20. The van der Waals surface area contributed by atoms with Crippen LogP contribution in [0.25, 0.3) is 0 Å². The van der Waals surface area contributed by atoms with E-state index in [-0.39, 0.29) is 17.9 Å². The van der Waals surface area contributed by atoms with Crippen LogP contribution in [0.2, 0.25) is 0 Å². The number of amides is 1. The number of ether oxygens (including phenoxy) is 1. The predicted molar refractivity (Wildman–Crippen MR) is 56.5 cm³/mol. The summed E-state index contributed by atoms with van der Waals surface area (Å²) in [6.07, 6.45) is -0.605. The molecular weight excluding hydrogens is 226 g/mol. The van der Waals surface area contributed by atoms with Crippen molar-refractivity contribution in [2.24, 2.45) is 0 Å². The molecule has 1 aliphatic rings. The number of hydrogen-bond acceptors (Lipinski definition) is 5. The van der Waals surface area contributed by atoms with Gasteiger partial charge in [0.2, 0.25) is 0 Å². The molecule has 1 fully saturated rings. The molecule has 1 amide bonds. The van der Waals surface area contributed by atoms with Gasteiger partial charge in [0.05, 0.1) is 0 Å². The van der Waals surface area contributed by atoms with E-state index in [1.807, 2.05) is 0 Å². The van der Waals surface area contributed by atoms with Gasteiger partial charge in [0.1, 0.15) is 5.54 Å². The number of aromatic hydroxyl groups is 2. The molecule has 17 heavy (non-hydrogen) atoms. The summed E-state index contributed by atoms with van der Waals surface area (Å²) in [5.41, 5.74) is -0.539. The van der Waals surface area contributed by atoms with E-state index in [4.69, 9.17) is 5.11 Å². The molecule has 6 heteroatoms. The molecule has 0 spiro atoms. The van der Waals surface area contributed by atoms with Crippen LogP contribution in [0.5, 0.6) is 11.5 Å². The van der Waals surface area contributed by atoms with Gasteiger partial charge in [-0.3, -0.25) is 0 Å². The molecular formula is C11H11NO5. The number of nitrogens with one attached hydrogen (secondary N) is 1. The molecule has 0 bridgehead atoms. The van der Waals surface area contributed by atoms with Crippen LogP contribution in [0.1, 0.15) is 12.5 Å². The molecule has 1 aliphatic heterocycles. The van der Waals surface area contributed by atoms with Gasteiger partial charge in [-0.05, 0) is 24.6 Å². The number of alkyl carbamates (subject to hydrolysis) is 1. The van der Waals surface area contributed by atoms with Crippen molar-refractivity contribution in [3.8, 4) is 11.5 Å². The molecule has 1 aromatic carbocycles. The third-order valence-electron chi connectivity index (χ3n) is 2.61. The Kier molecular flexibility index (Phi) is 2.42. The lowest BCUT2D eigenvalue weighted by Crippen LogP contribution is -2.45. The maximum Gasteiger partial charge on any atom is 0.415 e. The molecule has 90 valence electrons. The second kappa shape index (κ2) is 3.65. The smallest absolute Gasteiger partial charge is 0.415 e. The van der Waals surface area contributed by atoms with Crippen LogP contribution in [0, 0.1) is 0 Å². The van der Waals surface area contributed by atoms with Crippen LogP contribution in [0.15, 0.2) is 18.2 Å². The first-order valence-electron chi connectivity index (χ1n) is 4.96. The summed E-state index contributed by atoms with van der Waals surface area (Å²) in [5, 5.41) is 20.9. The SMILES string of the molecule is CC1(Cc2ccc(O)c(O)c2)NC(=O)OC1=O. The van der Waals surface area contributed by atoms with Crippen molar-refractivity contribution in [1.29, 1.82) is 0 Å². The third kappa shape index (κ3) is 2.01. The Morgan fingerprint density at radius 1 is 1.29 bits per heavy atom. The normalized spacial score (nSPS) is 23.4. The highest BCUT2D eigenvalue weighted by Crippen LogP contribution is 2.28. The number of carbonyl (C=O) groups excluding carboxylic acids is 2. The molecule has 6 nitrogen and oxygen atoms in total. The Balaban J connectivity index is 2.23. The highest BCUT2D eigenvalue weighted by Gasteiger charge is 2.44. The average molecular weight is 237 g/mol. The third-order valence-corrected chi connectivity index (χ3v) is 2.61.